The van der Waals surface area contributed by atoms with Gasteiger partial charge in [-0.25, -0.2) is 4.79 Å². The van der Waals surface area contributed by atoms with Crippen molar-refractivity contribution < 1.29 is 29.0 Å². The van der Waals surface area contributed by atoms with Crippen LogP contribution in [-0.4, -0.2) is 66.9 Å². The van der Waals surface area contributed by atoms with E-state index in [1.165, 1.54) is 4.90 Å². The van der Waals surface area contributed by atoms with Crippen LogP contribution < -0.4 is 5.32 Å². The molecule has 4 rings (SSSR count). The van der Waals surface area contributed by atoms with E-state index in [1.54, 1.807) is 0 Å². The zero-order valence-corrected chi connectivity index (χ0v) is 20.3. The van der Waals surface area contributed by atoms with E-state index in [9.17, 15) is 19.5 Å². The highest BCUT2D eigenvalue weighted by molar-refractivity contribution is 5.87. The summed E-state index contributed by atoms with van der Waals surface area (Å²) >= 11 is 0. The topological polar surface area (TPSA) is 105 Å². The second-order valence-corrected chi connectivity index (χ2v) is 10.2. The molecule has 2 N–H and O–H groups in total. The molecule has 1 aliphatic carbocycles. The van der Waals surface area contributed by atoms with Crippen LogP contribution in [0.2, 0.25) is 0 Å². The molecule has 35 heavy (non-hydrogen) atoms. The predicted molar refractivity (Wildman–Crippen MR) is 130 cm³/mol. The van der Waals surface area contributed by atoms with Gasteiger partial charge in [0, 0.05) is 19.0 Å². The van der Waals surface area contributed by atoms with Crippen molar-refractivity contribution in [3.63, 3.8) is 0 Å². The minimum atomic E-state index is -1.01. The maximum atomic E-state index is 13.4. The van der Waals surface area contributed by atoms with Crippen LogP contribution >= 0.6 is 0 Å². The van der Waals surface area contributed by atoms with E-state index in [2.05, 4.69) is 17.4 Å². The number of rotatable bonds is 5. The zero-order valence-electron chi connectivity index (χ0n) is 20.3. The van der Waals surface area contributed by atoms with Crippen molar-refractivity contribution in [3.8, 4) is 11.1 Å². The van der Waals surface area contributed by atoms with Crippen LogP contribution in [-0.2, 0) is 19.1 Å². The SMILES string of the molecule is CC(C)(C)[C@@H](NC(=O)OCC1c2ccccc2-c2ccccc21)C(=O)N1CCOCC(C(=O)O)C1. The van der Waals surface area contributed by atoms with E-state index in [0.717, 1.165) is 22.3 Å². The van der Waals surface area contributed by atoms with Gasteiger partial charge in [0.25, 0.3) is 0 Å². The van der Waals surface area contributed by atoms with Crippen molar-refractivity contribution in [2.24, 2.45) is 11.3 Å². The third-order valence-electron chi connectivity index (χ3n) is 6.65. The number of nitrogens with one attached hydrogen (secondary N) is 1. The Labute approximate surface area is 205 Å². The molecule has 0 saturated carbocycles. The molecule has 1 fully saturated rings. The van der Waals surface area contributed by atoms with Gasteiger partial charge in [0.05, 0.1) is 19.1 Å². The lowest BCUT2D eigenvalue weighted by molar-refractivity contribution is -0.144. The number of fused-ring (bicyclic) bond motifs is 3. The monoisotopic (exact) mass is 480 g/mol. The summed E-state index contributed by atoms with van der Waals surface area (Å²) in [6.45, 7) is 6.29. The quantitative estimate of drug-likeness (QED) is 0.679. The molecule has 2 aliphatic rings. The molecule has 0 spiro atoms. The Morgan fingerprint density at radius 1 is 1.09 bits per heavy atom. The fraction of sp³-hybridized carbons (Fsp3) is 0.444. The summed E-state index contributed by atoms with van der Waals surface area (Å²) in [5, 5.41) is 12.2. The molecule has 186 valence electrons. The predicted octanol–water partition coefficient (Wildman–Crippen LogP) is 3.50. The summed E-state index contributed by atoms with van der Waals surface area (Å²) in [5.41, 5.74) is 3.87. The minimum absolute atomic E-state index is 0.0348. The van der Waals surface area contributed by atoms with E-state index in [4.69, 9.17) is 9.47 Å². The number of nitrogens with zero attached hydrogens (tertiary/aromatic N) is 1. The largest absolute Gasteiger partial charge is 0.481 e. The van der Waals surface area contributed by atoms with Crippen LogP contribution in [0.3, 0.4) is 0 Å². The Hall–Kier alpha value is -3.39. The highest BCUT2D eigenvalue weighted by Gasteiger charge is 2.38. The fourth-order valence-corrected chi connectivity index (χ4v) is 4.75. The molecule has 1 aliphatic heterocycles. The van der Waals surface area contributed by atoms with Gasteiger partial charge >= 0.3 is 12.1 Å². The van der Waals surface area contributed by atoms with Crippen LogP contribution in [0.1, 0.15) is 37.8 Å². The summed E-state index contributed by atoms with van der Waals surface area (Å²) < 4.78 is 11.0. The first kappa shape index (κ1) is 24.7. The van der Waals surface area contributed by atoms with Crippen molar-refractivity contribution in [1.29, 1.82) is 0 Å². The van der Waals surface area contributed by atoms with E-state index < -0.39 is 29.4 Å². The lowest BCUT2D eigenvalue weighted by Gasteiger charge is -2.34. The van der Waals surface area contributed by atoms with Gasteiger partial charge in [-0.1, -0.05) is 69.3 Å². The third kappa shape index (κ3) is 5.32. The molecule has 1 heterocycles. The normalized spacial score (nSPS) is 18.7. The average molecular weight is 481 g/mol. The van der Waals surface area contributed by atoms with Gasteiger partial charge in [-0.05, 0) is 27.7 Å². The van der Waals surface area contributed by atoms with Gasteiger partial charge in [0.15, 0.2) is 0 Å². The molecule has 2 amide bonds. The molecule has 8 heteroatoms. The number of benzene rings is 2. The number of carboxylic acid groups (broad SMARTS) is 1. The molecule has 0 bridgehead atoms. The summed E-state index contributed by atoms with van der Waals surface area (Å²) in [4.78, 5) is 39.2. The molecule has 0 radical (unpaired) electrons. The van der Waals surface area contributed by atoms with Gasteiger partial charge in [0.1, 0.15) is 12.6 Å². The van der Waals surface area contributed by atoms with Crippen LogP contribution in [0.4, 0.5) is 4.79 Å². The highest BCUT2D eigenvalue weighted by atomic mass is 16.5. The van der Waals surface area contributed by atoms with Gasteiger partial charge in [0.2, 0.25) is 5.91 Å². The number of hydrogen-bond acceptors (Lipinski definition) is 5. The van der Waals surface area contributed by atoms with E-state index in [0.29, 0.717) is 0 Å². The van der Waals surface area contributed by atoms with Crippen LogP contribution in [0.5, 0.6) is 0 Å². The van der Waals surface area contributed by atoms with Crippen LogP contribution in [0.15, 0.2) is 48.5 Å². The molecule has 1 saturated heterocycles. The zero-order chi connectivity index (χ0) is 25.2. The number of carbonyl (C=O) groups is 3. The highest BCUT2D eigenvalue weighted by Crippen LogP contribution is 2.44. The summed E-state index contributed by atoms with van der Waals surface area (Å²) in [7, 11) is 0. The van der Waals surface area contributed by atoms with Crippen molar-refractivity contribution in [1.82, 2.24) is 10.2 Å². The third-order valence-corrected chi connectivity index (χ3v) is 6.65. The number of alkyl carbamates (subject to hydrolysis) is 1. The Kier molecular flexibility index (Phi) is 7.12. The van der Waals surface area contributed by atoms with Crippen molar-refractivity contribution in [2.45, 2.75) is 32.7 Å². The summed E-state index contributed by atoms with van der Waals surface area (Å²) in [6.07, 6.45) is -0.680. The van der Waals surface area contributed by atoms with Gasteiger partial charge in [-0.15, -0.1) is 0 Å². The van der Waals surface area contributed by atoms with Crippen molar-refractivity contribution in [2.75, 3.05) is 32.9 Å². The minimum Gasteiger partial charge on any atom is -0.481 e. The maximum Gasteiger partial charge on any atom is 0.407 e. The van der Waals surface area contributed by atoms with E-state index in [-0.39, 0.29) is 44.7 Å². The number of hydrogen-bond donors (Lipinski definition) is 2. The molecular formula is C27H32N2O6. The first-order valence-electron chi connectivity index (χ1n) is 11.9. The maximum absolute atomic E-state index is 13.4. The fourth-order valence-electron chi connectivity index (χ4n) is 4.75. The van der Waals surface area contributed by atoms with E-state index in [1.807, 2.05) is 57.2 Å². The molecule has 1 unspecified atom stereocenters. The Morgan fingerprint density at radius 2 is 1.69 bits per heavy atom. The number of aliphatic carboxylic acids is 1. The summed E-state index contributed by atoms with van der Waals surface area (Å²) in [6, 6.07) is 15.3. The first-order chi connectivity index (χ1) is 16.7. The molecular weight excluding hydrogens is 448 g/mol. The second-order valence-electron chi connectivity index (χ2n) is 10.2. The van der Waals surface area contributed by atoms with Crippen molar-refractivity contribution >= 4 is 18.0 Å². The first-order valence-corrected chi connectivity index (χ1v) is 11.9. The Bertz CT molecular complexity index is 1060. The van der Waals surface area contributed by atoms with Crippen LogP contribution in [0.25, 0.3) is 11.1 Å². The number of ether oxygens (including phenoxy) is 2. The standard InChI is InChI=1S/C27H32N2O6/c1-27(2,3)23(24(30)29-12-13-34-15-17(14-29)25(31)32)28-26(33)35-16-22-20-10-6-4-8-18(20)19-9-5-7-11-21(19)22/h4-11,17,22-23H,12-16H2,1-3H3,(H,28,33)(H,31,32)/t17?,23-/m0/s1. The van der Waals surface area contributed by atoms with Gasteiger partial charge in [-0.3, -0.25) is 9.59 Å². The second kappa shape index (κ2) is 10.1. The van der Waals surface area contributed by atoms with E-state index >= 15 is 0 Å². The molecule has 0 aromatic heterocycles. The Balaban J connectivity index is 1.45. The molecule has 2 aromatic rings. The lowest BCUT2D eigenvalue weighted by Crippen LogP contribution is -2.56. The molecule has 2 aromatic carbocycles. The molecule has 8 nitrogen and oxygen atoms in total. The van der Waals surface area contributed by atoms with Crippen LogP contribution in [0, 0.1) is 11.3 Å². The lowest BCUT2D eigenvalue weighted by atomic mass is 9.85. The van der Waals surface area contributed by atoms with Gasteiger partial charge < -0.3 is 24.8 Å². The average Bonchev–Trinajstić information content (AvgIpc) is 2.96. The smallest absolute Gasteiger partial charge is 0.407 e. The number of carbonyl (C=O) groups excluding carboxylic acids is 2. The Morgan fingerprint density at radius 3 is 2.26 bits per heavy atom. The number of amides is 2. The number of carboxylic acids is 1. The van der Waals surface area contributed by atoms with Crippen molar-refractivity contribution in [3.05, 3.63) is 59.7 Å². The van der Waals surface area contributed by atoms with Gasteiger partial charge in [-0.2, -0.15) is 0 Å². The summed E-state index contributed by atoms with van der Waals surface area (Å²) in [5.74, 6) is -2.25. The molecule has 2 atom stereocenters.